The number of amides is 5. The fraction of sp³-hybridized carbons (Fsp3) is 0.769. The number of aliphatic hydroxyl groups is 2. The lowest BCUT2D eigenvalue weighted by molar-refractivity contribution is -0.147. The molecule has 220 valence electrons. The summed E-state index contributed by atoms with van der Waals surface area (Å²) in [5.74, 6) is -1.20. The molecule has 2 aliphatic carbocycles. The van der Waals surface area contributed by atoms with Crippen LogP contribution in [0.2, 0.25) is 0 Å². The molecular weight excluding hydrogens is 532 g/mol. The third-order valence-electron chi connectivity index (χ3n) is 7.68. The average Bonchev–Trinajstić information content (AvgIpc) is 2.89. The second kappa shape index (κ2) is 16.0. The molecule has 0 spiro atoms. The summed E-state index contributed by atoms with van der Waals surface area (Å²) in [6.07, 6.45) is 6.78. The Morgan fingerprint density at radius 3 is 1.67 bits per heavy atom. The van der Waals surface area contributed by atoms with E-state index in [2.05, 4.69) is 16.0 Å². The van der Waals surface area contributed by atoms with Crippen molar-refractivity contribution in [3.8, 4) is 0 Å². The Bertz CT molecular complexity index is 900. The summed E-state index contributed by atoms with van der Waals surface area (Å²) < 4.78 is 0. The van der Waals surface area contributed by atoms with E-state index in [4.69, 9.17) is 16.7 Å². The number of likely N-dealkylation sites (N-methyl/N-ethyl adjacent to an activating group) is 2. The van der Waals surface area contributed by atoms with Gasteiger partial charge in [0, 0.05) is 31.7 Å². The third kappa shape index (κ3) is 10.6. The maximum atomic E-state index is 12.3. The molecule has 0 aromatic rings. The van der Waals surface area contributed by atoms with Crippen LogP contribution in [0.25, 0.3) is 0 Å². The van der Waals surface area contributed by atoms with Crippen molar-refractivity contribution in [1.29, 1.82) is 0 Å². The van der Waals surface area contributed by atoms with E-state index in [1.807, 2.05) is 0 Å². The summed E-state index contributed by atoms with van der Waals surface area (Å²) in [7, 11) is 3.33. The zero-order valence-electron chi connectivity index (χ0n) is 22.6. The number of nitrogens with one attached hydrogen (secondary N) is 3. The Balaban J connectivity index is 0.000000225. The number of aliphatic hydroxyl groups excluding tert-OH is 2. The lowest BCUT2D eigenvalue weighted by Crippen LogP contribution is -2.54. The van der Waals surface area contributed by atoms with E-state index in [1.165, 1.54) is 4.90 Å². The van der Waals surface area contributed by atoms with Crippen molar-refractivity contribution in [3.05, 3.63) is 0 Å². The van der Waals surface area contributed by atoms with Crippen LogP contribution >= 0.6 is 11.6 Å². The average molecular weight is 573 g/mol. The summed E-state index contributed by atoms with van der Waals surface area (Å²) >= 11 is 5.28. The first kappa shape index (κ1) is 32.8. The number of hydrogen-bond donors (Lipinski definition) is 5. The van der Waals surface area contributed by atoms with Gasteiger partial charge < -0.3 is 20.4 Å². The van der Waals surface area contributed by atoms with Gasteiger partial charge >= 0.3 is 0 Å². The molecule has 2 saturated heterocycles. The molecule has 2 unspecified atom stereocenters. The zero-order valence-corrected chi connectivity index (χ0v) is 23.4. The largest absolute Gasteiger partial charge is 0.393 e. The smallest absolute Gasteiger partial charge is 0.249 e. The minimum atomic E-state index is -0.544. The highest BCUT2D eigenvalue weighted by molar-refractivity contribution is 6.63. The minimum Gasteiger partial charge on any atom is -0.393 e. The number of carbonyl (C=O) groups is 6. The monoisotopic (exact) mass is 572 g/mol. The highest BCUT2D eigenvalue weighted by Crippen LogP contribution is 2.27. The Morgan fingerprint density at radius 2 is 1.23 bits per heavy atom. The number of piperidine rings is 2. The van der Waals surface area contributed by atoms with Gasteiger partial charge in [-0.05, 0) is 82.9 Å². The van der Waals surface area contributed by atoms with E-state index < -0.39 is 6.04 Å². The van der Waals surface area contributed by atoms with E-state index >= 15 is 0 Å². The van der Waals surface area contributed by atoms with Crippen molar-refractivity contribution in [2.75, 3.05) is 14.1 Å². The van der Waals surface area contributed by atoms with Crippen LogP contribution < -0.4 is 16.0 Å². The van der Waals surface area contributed by atoms with E-state index in [1.54, 1.807) is 14.1 Å². The van der Waals surface area contributed by atoms with E-state index in [0.717, 1.165) is 25.7 Å². The second-order valence-electron chi connectivity index (χ2n) is 10.5. The highest BCUT2D eigenvalue weighted by atomic mass is 35.5. The molecule has 2 atom stereocenters. The first-order chi connectivity index (χ1) is 18.4. The van der Waals surface area contributed by atoms with Crippen LogP contribution in [0.15, 0.2) is 0 Å². The number of carbonyl (C=O) groups excluding carboxylic acids is 6. The first-order valence-corrected chi connectivity index (χ1v) is 14.0. The van der Waals surface area contributed by atoms with Crippen LogP contribution in [0, 0.1) is 11.8 Å². The molecule has 13 heteroatoms. The van der Waals surface area contributed by atoms with Gasteiger partial charge in [-0.2, -0.15) is 0 Å². The number of imide groups is 2. The molecule has 2 heterocycles. The molecule has 0 aromatic carbocycles. The van der Waals surface area contributed by atoms with Gasteiger partial charge in [-0.1, -0.05) is 0 Å². The van der Waals surface area contributed by atoms with Gasteiger partial charge in [-0.3, -0.25) is 39.4 Å². The summed E-state index contributed by atoms with van der Waals surface area (Å²) in [6.45, 7) is 0. The molecule has 5 amide bonds. The number of halogens is 1. The Labute approximate surface area is 233 Å². The van der Waals surface area contributed by atoms with Gasteiger partial charge in [0.2, 0.25) is 34.8 Å². The molecule has 39 heavy (non-hydrogen) atoms. The Morgan fingerprint density at radius 1 is 0.769 bits per heavy atom. The first-order valence-electron chi connectivity index (χ1n) is 13.6. The predicted octanol–water partition coefficient (Wildman–Crippen LogP) is 0.115. The van der Waals surface area contributed by atoms with Crippen molar-refractivity contribution in [3.63, 3.8) is 0 Å². The lowest BCUT2D eigenvalue weighted by Gasteiger charge is -2.34. The van der Waals surface area contributed by atoms with Crippen molar-refractivity contribution < 1.29 is 39.0 Å². The Hall–Kier alpha value is -2.41. The summed E-state index contributed by atoms with van der Waals surface area (Å²) in [5, 5.41) is 25.6. The molecule has 2 saturated carbocycles. The highest BCUT2D eigenvalue weighted by Gasteiger charge is 2.36. The topological polar surface area (TPSA) is 182 Å². The van der Waals surface area contributed by atoms with Crippen molar-refractivity contribution in [1.82, 2.24) is 20.9 Å². The summed E-state index contributed by atoms with van der Waals surface area (Å²) in [4.78, 5) is 68.6. The number of rotatable bonds is 4. The van der Waals surface area contributed by atoms with Crippen LogP contribution in [0.3, 0.4) is 0 Å². The second-order valence-corrected chi connectivity index (χ2v) is 10.9. The van der Waals surface area contributed by atoms with E-state index in [0.29, 0.717) is 44.9 Å². The number of hydrogen-bond acceptors (Lipinski definition) is 9. The van der Waals surface area contributed by atoms with Crippen LogP contribution in [-0.2, 0) is 28.8 Å². The predicted molar refractivity (Wildman–Crippen MR) is 141 cm³/mol. The van der Waals surface area contributed by atoms with Crippen LogP contribution in [0.1, 0.15) is 77.0 Å². The molecule has 4 aliphatic rings. The quantitative estimate of drug-likeness (QED) is 0.231. The summed E-state index contributed by atoms with van der Waals surface area (Å²) in [6, 6.07) is -0.727. The van der Waals surface area contributed by atoms with E-state index in [9.17, 15) is 33.9 Å². The molecular formula is C26H41ClN4O8. The minimum absolute atomic E-state index is 0.00469. The van der Waals surface area contributed by atoms with Crippen molar-refractivity contribution in [2.24, 2.45) is 11.8 Å². The lowest BCUT2D eigenvalue weighted by atomic mass is 9.86. The molecule has 0 radical (unpaired) electrons. The molecule has 0 aromatic heterocycles. The number of nitrogens with zero attached hydrogens (tertiary/aromatic N) is 1. The zero-order chi connectivity index (χ0) is 29.1. The van der Waals surface area contributed by atoms with Crippen LogP contribution in [-0.4, -0.2) is 88.3 Å². The van der Waals surface area contributed by atoms with Gasteiger partial charge in [0.1, 0.15) is 6.04 Å². The van der Waals surface area contributed by atoms with E-state index in [-0.39, 0.29) is 71.3 Å². The molecule has 4 rings (SSSR count). The van der Waals surface area contributed by atoms with Crippen molar-refractivity contribution in [2.45, 2.75) is 101 Å². The maximum Gasteiger partial charge on any atom is 0.249 e. The van der Waals surface area contributed by atoms with Gasteiger partial charge in [0.25, 0.3) is 0 Å². The van der Waals surface area contributed by atoms with Gasteiger partial charge in [-0.25, -0.2) is 0 Å². The molecule has 12 nitrogen and oxygen atoms in total. The molecule has 0 bridgehead atoms. The standard InChI is InChI=1S/C13H20N2O4.C7H11ClO2.C6H10N2O2/c1-15(10-6-7-11(17)14-12(10)18)13(19)8-2-4-9(16)5-3-8;8-7(10)5-1-3-6(9)4-2-5;1-7-4-2-3-5(9)8-6(4)10/h8-10,16H,2-7H2,1H3,(H,14,17,18);5-6,9H,1-4H2;4,7H,2-3H2,1H3,(H,8,9,10). The Kier molecular flexibility index (Phi) is 13.5. The van der Waals surface area contributed by atoms with Crippen LogP contribution in [0.4, 0.5) is 0 Å². The maximum absolute atomic E-state index is 12.3. The fourth-order valence-corrected chi connectivity index (χ4v) is 5.31. The summed E-state index contributed by atoms with van der Waals surface area (Å²) in [5.41, 5.74) is 0. The molecule has 5 N–H and O–H groups in total. The van der Waals surface area contributed by atoms with Crippen LogP contribution in [0.5, 0.6) is 0 Å². The SMILES string of the molecule is CN(C(=O)C1CCC(O)CC1)C1CCC(=O)NC1=O.CNC1CCC(=O)NC1=O.O=C(Cl)C1CCC(O)CC1. The fourth-order valence-electron chi connectivity index (χ4n) is 5.09. The third-order valence-corrected chi connectivity index (χ3v) is 7.99. The van der Waals surface area contributed by atoms with Crippen molar-refractivity contribution >= 4 is 46.4 Å². The van der Waals surface area contributed by atoms with Gasteiger partial charge in [0.15, 0.2) is 0 Å². The molecule has 4 fully saturated rings. The van der Waals surface area contributed by atoms with Gasteiger partial charge in [0.05, 0.1) is 18.2 Å². The molecule has 2 aliphatic heterocycles. The normalized spacial score (nSPS) is 30.9. The van der Waals surface area contributed by atoms with Gasteiger partial charge in [-0.15, -0.1) is 0 Å².